The molecule has 1 aliphatic rings. The molecule has 0 saturated carbocycles. The smallest absolute Gasteiger partial charge is 0.340 e. The van der Waals surface area contributed by atoms with E-state index in [-0.39, 0.29) is 15.5 Å². The largest absolute Gasteiger partial charge is 0.452 e. The molecule has 2 N–H and O–H groups in total. The first-order valence-corrected chi connectivity index (χ1v) is 11.2. The predicted octanol–water partition coefficient (Wildman–Crippen LogP) is 1.74. The Morgan fingerprint density at radius 1 is 1.00 bits per heavy atom. The molecule has 31 heavy (non-hydrogen) atoms. The van der Waals surface area contributed by atoms with Gasteiger partial charge in [0.05, 0.1) is 15.5 Å². The zero-order chi connectivity index (χ0) is 22.4. The highest BCUT2D eigenvalue weighted by atomic mass is 35.5. The standard InChI is InChI=1S/C20H20ClN3O6S/c21-17-9-8-15(31(28,29)24-10-4-5-11-24)12-16(17)20(27)30-13-18(25)22-23-19(26)14-6-2-1-3-7-14/h1-3,6-9,12H,4-5,10-11,13H2,(H,22,25)(H,23,26). The highest BCUT2D eigenvalue weighted by Gasteiger charge is 2.28. The van der Waals surface area contributed by atoms with E-state index in [0.717, 1.165) is 18.9 Å². The summed E-state index contributed by atoms with van der Waals surface area (Å²) in [5, 5.41) is -0.0110. The number of carbonyl (C=O) groups excluding carboxylic acids is 3. The van der Waals surface area contributed by atoms with Gasteiger partial charge in [0.15, 0.2) is 6.61 Å². The predicted molar refractivity (Wildman–Crippen MR) is 112 cm³/mol. The number of nitrogens with zero attached hydrogens (tertiary/aromatic N) is 1. The van der Waals surface area contributed by atoms with Crippen molar-refractivity contribution in [2.75, 3.05) is 19.7 Å². The Balaban J connectivity index is 1.58. The lowest BCUT2D eigenvalue weighted by molar-refractivity contribution is -0.125. The van der Waals surface area contributed by atoms with Crippen LogP contribution < -0.4 is 10.9 Å². The molecule has 0 spiro atoms. The summed E-state index contributed by atoms with van der Waals surface area (Å²) < 4.78 is 31.6. The lowest BCUT2D eigenvalue weighted by Crippen LogP contribution is -2.43. The number of esters is 1. The first kappa shape index (κ1) is 22.7. The number of hydrogen-bond donors (Lipinski definition) is 2. The molecule has 2 aromatic carbocycles. The lowest BCUT2D eigenvalue weighted by Gasteiger charge is -2.16. The molecular weight excluding hydrogens is 446 g/mol. The Bertz CT molecular complexity index is 1090. The van der Waals surface area contributed by atoms with Crippen LogP contribution in [0.3, 0.4) is 0 Å². The molecule has 1 aliphatic heterocycles. The quantitative estimate of drug-likeness (QED) is 0.495. The molecule has 1 fully saturated rings. The number of ether oxygens (including phenoxy) is 1. The SMILES string of the molecule is O=C(COC(=O)c1cc(S(=O)(=O)N2CCCC2)ccc1Cl)NNC(=O)c1ccccc1. The summed E-state index contributed by atoms with van der Waals surface area (Å²) in [5.74, 6) is -2.29. The van der Waals surface area contributed by atoms with E-state index < -0.39 is 34.4 Å². The molecule has 0 radical (unpaired) electrons. The van der Waals surface area contributed by atoms with Gasteiger partial charge >= 0.3 is 5.97 Å². The molecule has 1 saturated heterocycles. The van der Waals surface area contributed by atoms with Crippen LogP contribution in [0.15, 0.2) is 53.4 Å². The molecule has 164 valence electrons. The fraction of sp³-hybridized carbons (Fsp3) is 0.250. The Kier molecular flexibility index (Phi) is 7.26. The zero-order valence-corrected chi connectivity index (χ0v) is 17.9. The van der Waals surface area contributed by atoms with Crippen LogP contribution in [-0.2, 0) is 19.6 Å². The van der Waals surface area contributed by atoms with Gasteiger partial charge in [0.2, 0.25) is 10.0 Å². The molecule has 0 bridgehead atoms. The molecule has 0 aromatic heterocycles. The molecular formula is C20H20ClN3O6S. The van der Waals surface area contributed by atoms with Crippen LogP contribution in [0, 0.1) is 0 Å². The van der Waals surface area contributed by atoms with Crippen molar-refractivity contribution >= 4 is 39.4 Å². The molecule has 3 rings (SSSR count). The van der Waals surface area contributed by atoms with Crippen LogP contribution in [0.4, 0.5) is 0 Å². The number of benzene rings is 2. The van der Waals surface area contributed by atoms with Crippen molar-refractivity contribution < 1.29 is 27.5 Å². The van der Waals surface area contributed by atoms with Gasteiger partial charge in [0.1, 0.15) is 0 Å². The van der Waals surface area contributed by atoms with Crippen LogP contribution in [0.2, 0.25) is 5.02 Å². The van der Waals surface area contributed by atoms with Crippen LogP contribution >= 0.6 is 11.6 Å². The summed E-state index contributed by atoms with van der Waals surface area (Å²) in [5.41, 5.74) is 4.48. The molecule has 0 atom stereocenters. The Hall–Kier alpha value is -2.95. The Morgan fingerprint density at radius 2 is 1.68 bits per heavy atom. The lowest BCUT2D eigenvalue weighted by atomic mass is 10.2. The van der Waals surface area contributed by atoms with Gasteiger partial charge < -0.3 is 4.74 Å². The second-order valence-electron chi connectivity index (χ2n) is 6.70. The van der Waals surface area contributed by atoms with Crippen LogP contribution in [-0.4, -0.2) is 50.2 Å². The first-order valence-electron chi connectivity index (χ1n) is 9.40. The minimum absolute atomic E-state index is 0.0110. The average molecular weight is 466 g/mol. The maximum Gasteiger partial charge on any atom is 0.340 e. The fourth-order valence-electron chi connectivity index (χ4n) is 2.93. The number of hydrazine groups is 1. The van der Waals surface area contributed by atoms with E-state index in [1.54, 1.807) is 30.3 Å². The third-order valence-electron chi connectivity index (χ3n) is 4.55. The number of sulfonamides is 1. The normalized spacial score (nSPS) is 14.1. The Labute approximate surface area is 184 Å². The summed E-state index contributed by atoms with van der Waals surface area (Å²) in [7, 11) is -3.75. The van der Waals surface area contributed by atoms with Crippen molar-refractivity contribution in [3.63, 3.8) is 0 Å². The van der Waals surface area contributed by atoms with E-state index in [9.17, 15) is 22.8 Å². The van der Waals surface area contributed by atoms with E-state index in [2.05, 4.69) is 10.9 Å². The minimum Gasteiger partial charge on any atom is -0.452 e. The van der Waals surface area contributed by atoms with Crippen molar-refractivity contribution in [1.29, 1.82) is 0 Å². The number of amides is 2. The van der Waals surface area contributed by atoms with Crippen LogP contribution in [0.25, 0.3) is 0 Å². The summed E-state index contributed by atoms with van der Waals surface area (Å²) in [6.07, 6.45) is 1.55. The van der Waals surface area contributed by atoms with Crippen LogP contribution in [0.5, 0.6) is 0 Å². The van der Waals surface area contributed by atoms with E-state index in [4.69, 9.17) is 16.3 Å². The average Bonchev–Trinajstić information content (AvgIpc) is 3.32. The third-order valence-corrected chi connectivity index (χ3v) is 6.77. The van der Waals surface area contributed by atoms with Crippen molar-refractivity contribution in [2.45, 2.75) is 17.7 Å². The maximum atomic E-state index is 12.7. The van der Waals surface area contributed by atoms with Gasteiger partial charge in [0, 0.05) is 18.7 Å². The molecule has 0 unspecified atom stereocenters. The molecule has 1 heterocycles. The Morgan fingerprint density at radius 3 is 2.35 bits per heavy atom. The van der Waals surface area contributed by atoms with Crippen molar-refractivity contribution in [3.05, 3.63) is 64.7 Å². The second-order valence-corrected chi connectivity index (χ2v) is 9.04. The number of nitrogens with one attached hydrogen (secondary N) is 2. The number of carbonyl (C=O) groups is 3. The molecule has 11 heteroatoms. The van der Waals surface area contributed by atoms with Gasteiger partial charge in [-0.15, -0.1) is 0 Å². The van der Waals surface area contributed by atoms with Crippen molar-refractivity contribution in [2.24, 2.45) is 0 Å². The van der Waals surface area contributed by atoms with Crippen molar-refractivity contribution in [3.8, 4) is 0 Å². The zero-order valence-electron chi connectivity index (χ0n) is 16.3. The number of hydrogen-bond acceptors (Lipinski definition) is 6. The molecule has 0 aliphatic carbocycles. The fourth-order valence-corrected chi connectivity index (χ4v) is 4.67. The summed E-state index contributed by atoms with van der Waals surface area (Å²) in [4.78, 5) is 36.0. The van der Waals surface area contributed by atoms with Gasteiger partial charge in [-0.05, 0) is 43.2 Å². The van der Waals surface area contributed by atoms with E-state index in [1.807, 2.05) is 0 Å². The monoisotopic (exact) mass is 465 g/mol. The maximum absolute atomic E-state index is 12.7. The summed E-state index contributed by atoms with van der Waals surface area (Å²) in [6, 6.07) is 11.9. The molecule has 2 aromatic rings. The summed E-state index contributed by atoms with van der Waals surface area (Å²) >= 11 is 6.02. The van der Waals surface area contributed by atoms with Gasteiger partial charge in [-0.3, -0.25) is 20.4 Å². The van der Waals surface area contributed by atoms with Crippen LogP contribution in [0.1, 0.15) is 33.6 Å². The highest BCUT2D eigenvalue weighted by Crippen LogP contribution is 2.25. The topological polar surface area (TPSA) is 122 Å². The second kappa shape index (κ2) is 9.90. The summed E-state index contributed by atoms with van der Waals surface area (Å²) in [6.45, 7) is 0.132. The van der Waals surface area contributed by atoms with Gasteiger partial charge in [-0.2, -0.15) is 4.31 Å². The molecule has 2 amide bonds. The van der Waals surface area contributed by atoms with E-state index in [1.165, 1.54) is 16.4 Å². The third kappa shape index (κ3) is 5.60. The number of rotatable bonds is 6. The van der Waals surface area contributed by atoms with E-state index in [0.29, 0.717) is 18.7 Å². The van der Waals surface area contributed by atoms with E-state index >= 15 is 0 Å². The van der Waals surface area contributed by atoms with Gasteiger partial charge in [-0.1, -0.05) is 29.8 Å². The molecule has 9 nitrogen and oxygen atoms in total. The van der Waals surface area contributed by atoms with Gasteiger partial charge in [-0.25, -0.2) is 13.2 Å². The first-order chi connectivity index (χ1) is 14.8. The number of halogens is 1. The van der Waals surface area contributed by atoms with Crippen molar-refractivity contribution in [1.82, 2.24) is 15.2 Å². The highest BCUT2D eigenvalue weighted by molar-refractivity contribution is 7.89. The van der Waals surface area contributed by atoms with Gasteiger partial charge in [0.25, 0.3) is 11.8 Å². The minimum atomic E-state index is -3.75.